The zero-order chi connectivity index (χ0) is 14.6. The zero-order valence-corrected chi connectivity index (χ0v) is 12.0. The second-order valence-electron chi connectivity index (χ2n) is 4.50. The van der Waals surface area contributed by atoms with Gasteiger partial charge in [0.25, 0.3) is 0 Å². The number of aromatic amines is 1. The first-order valence-electron chi connectivity index (χ1n) is 6.18. The van der Waals surface area contributed by atoms with Gasteiger partial charge in [-0.2, -0.15) is 0 Å². The Morgan fingerprint density at radius 3 is 2.65 bits per heavy atom. The molecule has 0 spiro atoms. The smallest absolute Gasteiger partial charge is 0.242 e. The van der Waals surface area contributed by atoms with Crippen LogP contribution in [0.4, 0.5) is 0 Å². The summed E-state index contributed by atoms with van der Waals surface area (Å²) >= 11 is 1.44. The van der Waals surface area contributed by atoms with Crippen molar-refractivity contribution in [2.24, 2.45) is 11.5 Å². The number of carbonyl (C=O) groups is 1. The summed E-state index contributed by atoms with van der Waals surface area (Å²) in [5.74, 6) is 0.825. The standard InChI is InChI=1S/C13H17N5OS/c1-9-16-12(18-17-9)20-8-7-13(15,11(14)19)10-5-3-2-4-6-10/h2-6H,7-8,15H2,1H3,(H2,14,19)(H,16,17,18). The number of amides is 1. The van der Waals surface area contributed by atoms with Crippen LogP contribution in [0.2, 0.25) is 0 Å². The predicted octanol–water partition coefficient (Wildman–Crippen LogP) is 0.935. The number of rotatable bonds is 6. The van der Waals surface area contributed by atoms with Crippen molar-refractivity contribution < 1.29 is 4.79 Å². The number of thioether (sulfide) groups is 1. The van der Waals surface area contributed by atoms with Gasteiger partial charge in [-0.15, -0.1) is 5.10 Å². The van der Waals surface area contributed by atoms with Gasteiger partial charge >= 0.3 is 0 Å². The van der Waals surface area contributed by atoms with Crippen molar-refractivity contribution >= 4 is 17.7 Å². The Morgan fingerprint density at radius 2 is 2.10 bits per heavy atom. The van der Waals surface area contributed by atoms with Crippen LogP contribution >= 0.6 is 11.8 Å². The summed E-state index contributed by atoms with van der Waals surface area (Å²) in [6.45, 7) is 1.83. The number of benzene rings is 1. The second-order valence-corrected chi connectivity index (χ2v) is 5.57. The summed E-state index contributed by atoms with van der Waals surface area (Å²) in [5.41, 5.74) is 11.2. The first kappa shape index (κ1) is 14.5. The van der Waals surface area contributed by atoms with Crippen molar-refractivity contribution in [1.29, 1.82) is 0 Å². The Bertz CT molecular complexity index is 585. The maximum absolute atomic E-state index is 11.7. The maximum Gasteiger partial charge on any atom is 0.242 e. The molecule has 2 rings (SSSR count). The number of nitrogens with two attached hydrogens (primary N) is 2. The fourth-order valence-corrected chi connectivity index (χ4v) is 2.75. The van der Waals surface area contributed by atoms with Gasteiger partial charge in [0, 0.05) is 5.75 Å². The van der Waals surface area contributed by atoms with Gasteiger partial charge < -0.3 is 11.5 Å². The van der Waals surface area contributed by atoms with Gasteiger partial charge in [0.15, 0.2) is 0 Å². The topological polar surface area (TPSA) is 111 Å². The lowest BCUT2D eigenvalue weighted by molar-refractivity contribution is -0.123. The van der Waals surface area contributed by atoms with Crippen LogP contribution < -0.4 is 11.5 Å². The first-order chi connectivity index (χ1) is 9.52. The highest BCUT2D eigenvalue weighted by atomic mass is 32.2. The van der Waals surface area contributed by atoms with E-state index in [1.807, 2.05) is 37.3 Å². The molecule has 0 aliphatic heterocycles. The van der Waals surface area contributed by atoms with E-state index in [0.29, 0.717) is 17.3 Å². The number of aromatic nitrogens is 3. The normalized spacial score (nSPS) is 13.9. The molecule has 0 bridgehead atoms. The molecule has 5 N–H and O–H groups in total. The van der Waals surface area contributed by atoms with Crippen LogP contribution in [0.1, 0.15) is 17.8 Å². The molecule has 1 aromatic carbocycles. The number of carbonyl (C=O) groups excluding carboxylic acids is 1. The van der Waals surface area contributed by atoms with Crippen molar-refractivity contribution in [3.05, 3.63) is 41.7 Å². The summed E-state index contributed by atoms with van der Waals surface area (Å²) in [6.07, 6.45) is 0.421. The number of H-pyrrole nitrogens is 1. The Morgan fingerprint density at radius 1 is 1.40 bits per heavy atom. The molecule has 1 aromatic heterocycles. The zero-order valence-electron chi connectivity index (χ0n) is 11.2. The predicted molar refractivity (Wildman–Crippen MR) is 78.0 cm³/mol. The summed E-state index contributed by atoms with van der Waals surface area (Å²) in [6, 6.07) is 9.17. The van der Waals surface area contributed by atoms with Crippen LogP contribution in [0, 0.1) is 6.92 Å². The third kappa shape index (κ3) is 3.17. The minimum Gasteiger partial charge on any atom is -0.368 e. The van der Waals surface area contributed by atoms with Gasteiger partial charge in [0.2, 0.25) is 11.1 Å². The maximum atomic E-state index is 11.7. The van der Waals surface area contributed by atoms with Crippen molar-refractivity contribution in [3.8, 4) is 0 Å². The van der Waals surface area contributed by atoms with Crippen LogP contribution in [0.25, 0.3) is 0 Å². The van der Waals surface area contributed by atoms with E-state index < -0.39 is 11.4 Å². The van der Waals surface area contributed by atoms with E-state index in [1.165, 1.54) is 11.8 Å². The van der Waals surface area contributed by atoms with Crippen molar-refractivity contribution in [1.82, 2.24) is 15.2 Å². The number of hydrogen-bond donors (Lipinski definition) is 3. The molecule has 0 aliphatic carbocycles. The van der Waals surface area contributed by atoms with Crippen LogP contribution in [0.3, 0.4) is 0 Å². The summed E-state index contributed by atoms with van der Waals surface area (Å²) < 4.78 is 0. The highest BCUT2D eigenvalue weighted by molar-refractivity contribution is 7.99. The Labute approximate surface area is 121 Å². The quantitative estimate of drug-likeness (QED) is 0.686. The minimum absolute atomic E-state index is 0.421. The molecule has 0 aliphatic rings. The largest absolute Gasteiger partial charge is 0.368 e. The fraction of sp³-hybridized carbons (Fsp3) is 0.308. The molecule has 0 radical (unpaired) electrons. The number of aryl methyl sites for hydroxylation is 1. The lowest BCUT2D eigenvalue weighted by Gasteiger charge is -2.26. The molecule has 1 atom stereocenters. The number of primary amides is 1. The summed E-state index contributed by atoms with van der Waals surface area (Å²) in [5, 5.41) is 7.43. The molecule has 0 saturated heterocycles. The molecule has 1 unspecified atom stereocenters. The Kier molecular flexibility index (Phi) is 4.41. The van der Waals surface area contributed by atoms with Crippen LogP contribution in [0.5, 0.6) is 0 Å². The highest BCUT2D eigenvalue weighted by Gasteiger charge is 2.33. The molecule has 6 nitrogen and oxygen atoms in total. The van der Waals surface area contributed by atoms with E-state index in [9.17, 15) is 4.79 Å². The van der Waals surface area contributed by atoms with E-state index in [0.717, 1.165) is 11.4 Å². The van der Waals surface area contributed by atoms with Crippen LogP contribution in [0.15, 0.2) is 35.5 Å². The van der Waals surface area contributed by atoms with Crippen LogP contribution in [-0.4, -0.2) is 26.8 Å². The molecule has 1 amide bonds. The summed E-state index contributed by atoms with van der Waals surface area (Å²) in [7, 11) is 0. The van der Waals surface area contributed by atoms with E-state index >= 15 is 0 Å². The summed E-state index contributed by atoms with van der Waals surface area (Å²) in [4.78, 5) is 15.9. The van der Waals surface area contributed by atoms with Gasteiger partial charge in [-0.25, -0.2) is 4.98 Å². The number of nitrogens with one attached hydrogen (secondary N) is 1. The van der Waals surface area contributed by atoms with Crippen molar-refractivity contribution in [2.45, 2.75) is 24.0 Å². The molecular formula is C13H17N5OS. The first-order valence-corrected chi connectivity index (χ1v) is 7.17. The van der Waals surface area contributed by atoms with Gasteiger partial charge in [0.1, 0.15) is 11.4 Å². The third-order valence-corrected chi connectivity index (χ3v) is 3.88. The minimum atomic E-state index is -1.17. The highest BCUT2D eigenvalue weighted by Crippen LogP contribution is 2.25. The SMILES string of the molecule is Cc1nc(SCCC(N)(C(N)=O)c2ccccc2)n[nH]1. The number of hydrogen-bond acceptors (Lipinski definition) is 5. The average Bonchev–Trinajstić information content (AvgIpc) is 2.85. The van der Waals surface area contributed by atoms with Gasteiger partial charge in [-0.1, -0.05) is 42.1 Å². The fourth-order valence-electron chi connectivity index (χ4n) is 1.84. The van der Waals surface area contributed by atoms with Crippen molar-refractivity contribution in [3.63, 3.8) is 0 Å². The van der Waals surface area contributed by atoms with Crippen LogP contribution in [-0.2, 0) is 10.3 Å². The lowest BCUT2D eigenvalue weighted by Crippen LogP contribution is -2.49. The molecular weight excluding hydrogens is 274 g/mol. The van der Waals surface area contributed by atoms with Gasteiger partial charge in [-0.3, -0.25) is 9.89 Å². The monoisotopic (exact) mass is 291 g/mol. The molecule has 7 heteroatoms. The van der Waals surface area contributed by atoms with E-state index in [4.69, 9.17) is 11.5 Å². The van der Waals surface area contributed by atoms with E-state index in [2.05, 4.69) is 15.2 Å². The third-order valence-electron chi connectivity index (χ3n) is 3.03. The Balaban J connectivity index is 2.05. The second kappa shape index (κ2) is 6.06. The van der Waals surface area contributed by atoms with Gasteiger partial charge in [0.05, 0.1) is 0 Å². The Hall–Kier alpha value is -1.86. The van der Waals surface area contributed by atoms with Crippen molar-refractivity contribution in [2.75, 3.05) is 5.75 Å². The molecule has 20 heavy (non-hydrogen) atoms. The van der Waals surface area contributed by atoms with E-state index in [-0.39, 0.29) is 0 Å². The lowest BCUT2D eigenvalue weighted by atomic mass is 9.88. The molecule has 0 fully saturated rings. The molecule has 2 aromatic rings. The molecule has 106 valence electrons. The molecule has 1 heterocycles. The van der Waals surface area contributed by atoms with Gasteiger partial charge in [-0.05, 0) is 18.9 Å². The molecule has 0 saturated carbocycles. The average molecular weight is 291 g/mol. The van der Waals surface area contributed by atoms with E-state index in [1.54, 1.807) is 0 Å². The number of nitrogens with zero attached hydrogens (tertiary/aromatic N) is 2.